The lowest BCUT2D eigenvalue weighted by Crippen LogP contribution is -2.54. The maximum atomic E-state index is 4.69. The van der Waals surface area contributed by atoms with Crippen molar-refractivity contribution < 1.29 is 0 Å². The number of aromatic nitrogens is 2. The number of anilines is 1. The van der Waals surface area contributed by atoms with E-state index in [1.54, 1.807) is 11.5 Å². The van der Waals surface area contributed by atoms with Gasteiger partial charge in [-0.2, -0.15) is 4.37 Å². The SMILES string of the molecule is CC1CN(c2nc(C3CC3)ns2)C(C)CN1. The summed E-state index contributed by atoms with van der Waals surface area (Å²) in [4.78, 5) is 7.08. The van der Waals surface area contributed by atoms with Crippen LogP contribution in [0.2, 0.25) is 0 Å². The fourth-order valence-corrected chi connectivity index (χ4v) is 3.00. The molecular weight excluding hydrogens is 220 g/mol. The molecule has 1 aromatic rings. The van der Waals surface area contributed by atoms with Gasteiger partial charge in [-0.05, 0) is 26.7 Å². The fraction of sp³-hybridized carbons (Fsp3) is 0.818. The third-order valence-corrected chi connectivity index (χ3v) is 4.15. The highest BCUT2D eigenvalue weighted by Crippen LogP contribution is 2.40. The van der Waals surface area contributed by atoms with Crippen LogP contribution in [-0.2, 0) is 0 Å². The molecule has 5 heteroatoms. The summed E-state index contributed by atoms with van der Waals surface area (Å²) in [6.07, 6.45) is 2.56. The first kappa shape index (κ1) is 10.5. The molecule has 1 saturated heterocycles. The standard InChI is InChI=1S/C11H18N4S/c1-7-6-15(8(2)5-12-7)11-13-10(14-16-11)9-3-4-9/h7-9,12H,3-6H2,1-2H3. The van der Waals surface area contributed by atoms with Gasteiger partial charge in [-0.1, -0.05) is 0 Å². The van der Waals surface area contributed by atoms with Crippen LogP contribution in [-0.4, -0.2) is 34.5 Å². The summed E-state index contributed by atoms with van der Waals surface area (Å²) >= 11 is 1.57. The quantitative estimate of drug-likeness (QED) is 0.850. The summed E-state index contributed by atoms with van der Waals surface area (Å²) in [5.74, 6) is 1.75. The molecule has 0 radical (unpaired) electrons. The van der Waals surface area contributed by atoms with Crippen LogP contribution in [0.1, 0.15) is 38.4 Å². The molecule has 2 fully saturated rings. The van der Waals surface area contributed by atoms with Gasteiger partial charge >= 0.3 is 0 Å². The molecule has 88 valence electrons. The molecule has 1 saturated carbocycles. The van der Waals surface area contributed by atoms with Crippen LogP contribution in [0.4, 0.5) is 5.13 Å². The summed E-state index contributed by atoms with van der Waals surface area (Å²) in [7, 11) is 0. The van der Waals surface area contributed by atoms with Crippen LogP contribution < -0.4 is 10.2 Å². The third-order valence-electron chi connectivity index (χ3n) is 3.38. The third kappa shape index (κ3) is 1.94. The first-order valence-electron chi connectivity index (χ1n) is 6.07. The van der Waals surface area contributed by atoms with Crippen LogP contribution in [0.15, 0.2) is 0 Å². The van der Waals surface area contributed by atoms with E-state index in [4.69, 9.17) is 0 Å². The molecule has 0 spiro atoms. The average molecular weight is 238 g/mol. The Bertz CT molecular complexity index is 374. The molecule has 16 heavy (non-hydrogen) atoms. The van der Waals surface area contributed by atoms with Crippen molar-refractivity contribution in [3.05, 3.63) is 5.82 Å². The van der Waals surface area contributed by atoms with E-state index < -0.39 is 0 Å². The Kier molecular flexibility index (Phi) is 2.59. The zero-order valence-corrected chi connectivity index (χ0v) is 10.6. The van der Waals surface area contributed by atoms with Gasteiger partial charge < -0.3 is 10.2 Å². The maximum absolute atomic E-state index is 4.69. The highest BCUT2D eigenvalue weighted by Gasteiger charge is 2.30. The van der Waals surface area contributed by atoms with Crippen LogP contribution in [0.5, 0.6) is 0 Å². The summed E-state index contributed by atoms with van der Waals surface area (Å²) in [6.45, 7) is 6.55. The average Bonchev–Trinajstić information content (AvgIpc) is 3.01. The summed E-state index contributed by atoms with van der Waals surface area (Å²) < 4.78 is 4.48. The van der Waals surface area contributed by atoms with Crippen LogP contribution in [0, 0.1) is 0 Å². The number of nitrogens with one attached hydrogen (secondary N) is 1. The zero-order chi connectivity index (χ0) is 11.1. The molecule has 0 amide bonds. The number of hydrogen-bond acceptors (Lipinski definition) is 5. The predicted molar refractivity (Wildman–Crippen MR) is 66.2 cm³/mol. The molecule has 2 heterocycles. The Labute approximate surface area is 100 Å². The van der Waals surface area contributed by atoms with Gasteiger partial charge in [0.05, 0.1) is 0 Å². The summed E-state index contributed by atoms with van der Waals surface area (Å²) in [5.41, 5.74) is 0. The lowest BCUT2D eigenvalue weighted by molar-refractivity contribution is 0.424. The highest BCUT2D eigenvalue weighted by molar-refractivity contribution is 7.09. The van der Waals surface area contributed by atoms with Crippen molar-refractivity contribution in [3.63, 3.8) is 0 Å². The minimum Gasteiger partial charge on any atom is -0.341 e. The van der Waals surface area contributed by atoms with E-state index in [-0.39, 0.29) is 0 Å². The Morgan fingerprint density at radius 2 is 2.19 bits per heavy atom. The molecule has 2 aliphatic rings. The van der Waals surface area contributed by atoms with E-state index in [0.717, 1.165) is 24.0 Å². The molecule has 3 rings (SSSR count). The van der Waals surface area contributed by atoms with E-state index in [1.807, 2.05) is 0 Å². The molecule has 1 N–H and O–H groups in total. The monoisotopic (exact) mass is 238 g/mol. The van der Waals surface area contributed by atoms with Crippen molar-refractivity contribution in [1.82, 2.24) is 14.7 Å². The number of rotatable bonds is 2. The smallest absolute Gasteiger partial charge is 0.205 e. The van der Waals surface area contributed by atoms with Gasteiger partial charge in [0.2, 0.25) is 5.13 Å². The topological polar surface area (TPSA) is 41.1 Å². The minimum absolute atomic E-state index is 0.524. The van der Waals surface area contributed by atoms with Gasteiger partial charge in [0.15, 0.2) is 0 Å². The normalized spacial score (nSPS) is 30.8. The molecule has 1 aliphatic carbocycles. The van der Waals surface area contributed by atoms with Crippen molar-refractivity contribution in [2.75, 3.05) is 18.0 Å². The molecular formula is C11H18N4S. The Morgan fingerprint density at radius 3 is 2.94 bits per heavy atom. The van der Waals surface area contributed by atoms with Gasteiger partial charge in [0.25, 0.3) is 0 Å². The minimum atomic E-state index is 0.524. The Hall–Kier alpha value is -0.680. The van der Waals surface area contributed by atoms with Gasteiger partial charge in [-0.15, -0.1) is 0 Å². The number of nitrogens with zero attached hydrogens (tertiary/aromatic N) is 3. The van der Waals surface area contributed by atoms with E-state index in [1.165, 1.54) is 12.8 Å². The summed E-state index contributed by atoms with van der Waals surface area (Å²) in [5, 5.41) is 4.60. The van der Waals surface area contributed by atoms with Gasteiger partial charge in [0, 0.05) is 42.6 Å². The largest absolute Gasteiger partial charge is 0.341 e. The van der Waals surface area contributed by atoms with Crippen LogP contribution in [0.3, 0.4) is 0 Å². The second-order valence-electron chi connectivity index (χ2n) is 5.02. The van der Waals surface area contributed by atoms with E-state index in [9.17, 15) is 0 Å². The maximum Gasteiger partial charge on any atom is 0.205 e. The van der Waals surface area contributed by atoms with Crippen LogP contribution >= 0.6 is 11.5 Å². The first-order chi connectivity index (χ1) is 7.74. The van der Waals surface area contributed by atoms with Gasteiger partial charge in [-0.25, -0.2) is 4.98 Å². The molecule has 1 aromatic heterocycles. The lowest BCUT2D eigenvalue weighted by atomic mass is 10.1. The van der Waals surface area contributed by atoms with Crippen molar-refractivity contribution in [2.24, 2.45) is 0 Å². The van der Waals surface area contributed by atoms with Gasteiger partial charge in [0.1, 0.15) is 5.82 Å². The number of hydrogen-bond donors (Lipinski definition) is 1. The number of piperazine rings is 1. The van der Waals surface area contributed by atoms with Crippen molar-refractivity contribution >= 4 is 16.7 Å². The summed E-state index contributed by atoms with van der Waals surface area (Å²) in [6, 6.07) is 1.07. The molecule has 1 aliphatic heterocycles. The van der Waals surface area contributed by atoms with Crippen molar-refractivity contribution in [2.45, 2.75) is 44.7 Å². The van der Waals surface area contributed by atoms with Crippen molar-refractivity contribution in [3.8, 4) is 0 Å². The Balaban J connectivity index is 1.78. The molecule has 0 aromatic carbocycles. The van der Waals surface area contributed by atoms with Crippen LogP contribution in [0.25, 0.3) is 0 Å². The van der Waals surface area contributed by atoms with E-state index in [0.29, 0.717) is 18.0 Å². The predicted octanol–water partition coefficient (Wildman–Crippen LogP) is 1.60. The van der Waals surface area contributed by atoms with Crippen molar-refractivity contribution in [1.29, 1.82) is 0 Å². The lowest BCUT2D eigenvalue weighted by Gasteiger charge is -2.37. The molecule has 2 unspecified atom stereocenters. The first-order valence-corrected chi connectivity index (χ1v) is 6.85. The zero-order valence-electron chi connectivity index (χ0n) is 9.81. The molecule has 2 atom stereocenters. The molecule has 4 nitrogen and oxygen atoms in total. The molecule has 0 bridgehead atoms. The van der Waals surface area contributed by atoms with E-state index in [2.05, 4.69) is 33.4 Å². The second kappa shape index (κ2) is 3.96. The Morgan fingerprint density at radius 1 is 1.38 bits per heavy atom. The highest BCUT2D eigenvalue weighted by atomic mass is 32.1. The fourth-order valence-electron chi connectivity index (χ4n) is 2.14. The second-order valence-corrected chi connectivity index (χ2v) is 5.75. The van der Waals surface area contributed by atoms with E-state index >= 15 is 0 Å². The van der Waals surface area contributed by atoms with Gasteiger partial charge in [-0.3, -0.25) is 0 Å².